The van der Waals surface area contributed by atoms with Crippen LogP contribution in [0.5, 0.6) is 0 Å². The van der Waals surface area contributed by atoms with Crippen molar-refractivity contribution >= 4 is 0 Å². The van der Waals surface area contributed by atoms with E-state index in [1.807, 2.05) is 0 Å². The predicted molar refractivity (Wildman–Crippen MR) is 81.3 cm³/mol. The summed E-state index contributed by atoms with van der Waals surface area (Å²) in [5.74, 6) is 4.15. The zero-order chi connectivity index (χ0) is 13.3. The summed E-state index contributed by atoms with van der Waals surface area (Å²) in [6.07, 6.45) is 13.5. The van der Waals surface area contributed by atoms with Crippen molar-refractivity contribution in [2.24, 2.45) is 34.8 Å². The van der Waals surface area contributed by atoms with E-state index in [1.165, 1.54) is 51.6 Å². The molecule has 0 radical (unpaired) electrons. The van der Waals surface area contributed by atoms with Gasteiger partial charge in [0.15, 0.2) is 0 Å². The molecule has 20 heavy (non-hydrogen) atoms. The number of rotatable bonds is 3. The third-order valence-corrected chi connectivity index (χ3v) is 7.83. The zero-order valence-corrected chi connectivity index (χ0v) is 12.8. The SMILES string of the molecule is NC(CN1CC2CCC1C2)C12CC3CC(CC(C3)C1)C2. The van der Waals surface area contributed by atoms with Crippen molar-refractivity contribution < 1.29 is 0 Å². The molecule has 6 bridgehead atoms. The number of piperidine rings is 1. The van der Waals surface area contributed by atoms with Gasteiger partial charge in [-0.1, -0.05) is 0 Å². The Hall–Kier alpha value is -0.0800. The summed E-state index contributed by atoms with van der Waals surface area (Å²) in [5.41, 5.74) is 7.39. The van der Waals surface area contributed by atoms with E-state index < -0.39 is 0 Å². The van der Waals surface area contributed by atoms with E-state index in [1.54, 1.807) is 19.3 Å². The molecule has 1 saturated heterocycles. The van der Waals surface area contributed by atoms with Crippen LogP contribution in [0.15, 0.2) is 0 Å². The molecule has 0 aromatic rings. The van der Waals surface area contributed by atoms with Crippen LogP contribution in [0.1, 0.15) is 57.8 Å². The van der Waals surface area contributed by atoms with Crippen LogP contribution in [0.4, 0.5) is 0 Å². The first kappa shape index (κ1) is 12.5. The Morgan fingerprint density at radius 1 is 0.900 bits per heavy atom. The molecule has 112 valence electrons. The molecule has 6 fully saturated rings. The second-order valence-corrected chi connectivity index (χ2v) is 9.17. The lowest BCUT2D eigenvalue weighted by molar-refractivity contribution is -0.0725. The monoisotopic (exact) mass is 274 g/mol. The van der Waals surface area contributed by atoms with Crippen molar-refractivity contribution in [1.82, 2.24) is 4.90 Å². The summed E-state index contributed by atoms with van der Waals surface area (Å²) < 4.78 is 0. The molecular weight excluding hydrogens is 244 g/mol. The number of nitrogens with zero attached hydrogens (tertiary/aromatic N) is 1. The fraction of sp³-hybridized carbons (Fsp3) is 1.00. The maximum Gasteiger partial charge on any atom is 0.0225 e. The van der Waals surface area contributed by atoms with Gasteiger partial charge in [-0.05, 0) is 86.9 Å². The maximum atomic E-state index is 6.84. The van der Waals surface area contributed by atoms with Crippen molar-refractivity contribution in [3.05, 3.63) is 0 Å². The van der Waals surface area contributed by atoms with E-state index in [2.05, 4.69) is 4.90 Å². The summed E-state index contributed by atoms with van der Waals surface area (Å²) in [6.45, 7) is 2.58. The van der Waals surface area contributed by atoms with E-state index >= 15 is 0 Å². The molecule has 2 heteroatoms. The summed E-state index contributed by atoms with van der Waals surface area (Å²) in [6, 6.07) is 1.37. The van der Waals surface area contributed by atoms with Gasteiger partial charge < -0.3 is 5.73 Å². The van der Waals surface area contributed by atoms with Gasteiger partial charge in [-0.15, -0.1) is 0 Å². The molecule has 5 saturated carbocycles. The van der Waals surface area contributed by atoms with E-state index in [4.69, 9.17) is 5.73 Å². The van der Waals surface area contributed by atoms with Crippen LogP contribution in [-0.4, -0.2) is 30.1 Å². The molecule has 3 atom stereocenters. The van der Waals surface area contributed by atoms with Crippen molar-refractivity contribution in [1.29, 1.82) is 0 Å². The largest absolute Gasteiger partial charge is 0.326 e. The maximum absolute atomic E-state index is 6.84. The number of nitrogens with two attached hydrogens (primary N) is 1. The van der Waals surface area contributed by atoms with Crippen LogP contribution in [0.3, 0.4) is 0 Å². The molecule has 0 amide bonds. The summed E-state index contributed by atoms with van der Waals surface area (Å²) >= 11 is 0. The minimum atomic E-state index is 0.468. The van der Waals surface area contributed by atoms with Crippen molar-refractivity contribution in [2.75, 3.05) is 13.1 Å². The van der Waals surface area contributed by atoms with Gasteiger partial charge in [-0.2, -0.15) is 0 Å². The Balaban J connectivity index is 1.32. The quantitative estimate of drug-likeness (QED) is 0.857. The first-order chi connectivity index (χ1) is 9.70. The molecule has 3 unspecified atom stereocenters. The fourth-order valence-electron chi connectivity index (χ4n) is 7.33. The van der Waals surface area contributed by atoms with Gasteiger partial charge in [0.1, 0.15) is 0 Å². The minimum absolute atomic E-state index is 0.468. The smallest absolute Gasteiger partial charge is 0.0225 e. The first-order valence-electron chi connectivity index (χ1n) is 9.20. The topological polar surface area (TPSA) is 29.3 Å². The second kappa shape index (κ2) is 4.23. The standard InChI is InChI=1S/C18H30N2/c19-17(11-20-10-12-1-2-16(20)6-12)18-7-13-3-14(8-18)5-15(4-13)9-18/h12-17H,1-11,19H2. The molecule has 6 rings (SSSR count). The third kappa shape index (κ3) is 1.76. The van der Waals surface area contributed by atoms with Crippen LogP contribution in [0, 0.1) is 29.1 Å². The summed E-state index contributed by atoms with van der Waals surface area (Å²) in [5, 5.41) is 0. The third-order valence-electron chi connectivity index (χ3n) is 7.83. The average Bonchev–Trinajstić information content (AvgIpc) is 2.99. The number of likely N-dealkylation sites (tertiary alicyclic amines) is 1. The Morgan fingerprint density at radius 2 is 1.55 bits per heavy atom. The second-order valence-electron chi connectivity index (χ2n) is 9.17. The molecule has 1 aliphatic heterocycles. The average molecular weight is 274 g/mol. The van der Waals surface area contributed by atoms with Gasteiger partial charge in [0.2, 0.25) is 0 Å². The highest BCUT2D eigenvalue weighted by molar-refractivity contribution is 5.07. The minimum Gasteiger partial charge on any atom is -0.326 e. The summed E-state index contributed by atoms with van der Waals surface area (Å²) in [4.78, 5) is 2.78. The first-order valence-corrected chi connectivity index (χ1v) is 9.20. The highest BCUT2D eigenvalue weighted by Gasteiger charge is 2.54. The molecule has 0 spiro atoms. The van der Waals surface area contributed by atoms with Crippen LogP contribution in [-0.2, 0) is 0 Å². The highest BCUT2D eigenvalue weighted by atomic mass is 15.2. The fourth-order valence-corrected chi connectivity index (χ4v) is 7.33. The normalized spacial score (nSPS) is 54.8. The Labute approximate surface area is 123 Å². The number of hydrogen-bond acceptors (Lipinski definition) is 2. The van der Waals surface area contributed by atoms with E-state index in [-0.39, 0.29) is 0 Å². The van der Waals surface area contributed by atoms with E-state index in [0.717, 1.165) is 29.7 Å². The van der Waals surface area contributed by atoms with Gasteiger partial charge in [0.05, 0.1) is 0 Å². The van der Waals surface area contributed by atoms with Gasteiger partial charge in [-0.3, -0.25) is 4.90 Å². The zero-order valence-electron chi connectivity index (χ0n) is 12.8. The molecule has 0 aromatic heterocycles. The van der Waals surface area contributed by atoms with E-state index in [0.29, 0.717) is 11.5 Å². The van der Waals surface area contributed by atoms with E-state index in [9.17, 15) is 0 Å². The summed E-state index contributed by atoms with van der Waals surface area (Å²) in [7, 11) is 0. The highest BCUT2D eigenvalue weighted by Crippen LogP contribution is 2.61. The molecule has 0 aromatic carbocycles. The van der Waals surface area contributed by atoms with Gasteiger partial charge in [0.25, 0.3) is 0 Å². The lowest BCUT2D eigenvalue weighted by atomic mass is 9.48. The lowest BCUT2D eigenvalue weighted by Gasteiger charge is -2.59. The number of fused-ring (bicyclic) bond motifs is 2. The lowest BCUT2D eigenvalue weighted by Crippen LogP contribution is -2.58. The van der Waals surface area contributed by atoms with Crippen molar-refractivity contribution in [3.8, 4) is 0 Å². The molecule has 1 heterocycles. The molecule has 2 N–H and O–H groups in total. The van der Waals surface area contributed by atoms with Crippen molar-refractivity contribution in [2.45, 2.75) is 69.9 Å². The Morgan fingerprint density at radius 3 is 2.05 bits per heavy atom. The van der Waals surface area contributed by atoms with Gasteiger partial charge in [-0.25, -0.2) is 0 Å². The molecule has 6 aliphatic rings. The number of hydrogen-bond donors (Lipinski definition) is 1. The van der Waals surface area contributed by atoms with Crippen LogP contribution in [0.2, 0.25) is 0 Å². The molecule has 2 nitrogen and oxygen atoms in total. The molecule has 5 aliphatic carbocycles. The predicted octanol–water partition coefficient (Wildman–Crippen LogP) is 3.01. The van der Waals surface area contributed by atoms with Gasteiger partial charge >= 0.3 is 0 Å². The van der Waals surface area contributed by atoms with Crippen molar-refractivity contribution in [3.63, 3.8) is 0 Å². The van der Waals surface area contributed by atoms with Crippen LogP contribution in [0.25, 0.3) is 0 Å². The molecular formula is C18H30N2. The Kier molecular flexibility index (Phi) is 2.63. The van der Waals surface area contributed by atoms with Crippen LogP contribution < -0.4 is 5.73 Å². The van der Waals surface area contributed by atoms with Gasteiger partial charge in [0, 0.05) is 25.2 Å². The van der Waals surface area contributed by atoms with Crippen LogP contribution >= 0.6 is 0 Å². The Bertz CT molecular complexity index is 369.